The summed E-state index contributed by atoms with van der Waals surface area (Å²) in [6.07, 6.45) is 4.67. The van der Waals surface area contributed by atoms with Crippen molar-refractivity contribution in [1.29, 1.82) is 0 Å². The van der Waals surface area contributed by atoms with Crippen molar-refractivity contribution in [2.75, 3.05) is 14.2 Å². The molecule has 4 N–H and O–H groups in total. The van der Waals surface area contributed by atoms with Crippen LogP contribution in [-0.4, -0.2) is 25.8 Å². The maximum absolute atomic E-state index is 6.53. The van der Waals surface area contributed by atoms with Gasteiger partial charge in [-0.05, 0) is 44.2 Å². The second-order valence-electron chi connectivity index (χ2n) is 5.52. The molecule has 1 fully saturated rings. The third kappa shape index (κ3) is 3.19. The highest BCUT2D eigenvalue weighted by molar-refractivity contribution is 5.45. The van der Waals surface area contributed by atoms with Crippen molar-refractivity contribution in [1.82, 2.24) is 0 Å². The van der Waals surface area contributed by atoms with Gasteiger partial charge in [0.25, 0.3) is 0 Å². The molecule has 0 heterocycles. The normalized spacial score (nSPS) is 27.1. The molecule has 0 unspecified atom stereocenters. The van der Waals surface area contributed by atoms with E-state index < -0.39 is 0 Å². The summed E-state index contributed by atoms with van der Waals surface area (Å²) in [6, 6.07) is 6.14. The number of rotatable bonds is 4. The van der Waals surface area contributed by atoms with Gasteiger partial charge in [0.2, 0.25) is 0 Å². The van der Waals surface area contributed by atoms with E-state index in [0.29, 0.717) is 6.04 Å². The minimum Gasteiger partial charge on any atom is -0.496 e. The number of hydrogen-bond donors (Lipinski definition) is 2. The van der Waals surface area contributed by atoms with E-state index in [1.54, 1.807) is 14.2 Å². The Labute approximate surface area is 115 Å². The summed E-state index contributed by atoms with van der Waals surface area (Å²) in [7, 11) is 3.36. The summed E-state index contributed by atoms with van der Waals surface area (Å²) in [5.41, 5.74) is 13.4. The topological polar surface area (TPSA) is 70.5 Å². The van der Waals surface area contributed by atoms with E-state index in [9.17, 15) is 0 Å². The molecule has 106 valence electrons. The van der Waals surface area contributed by atoms with Crippen LogP contribution in [0.2, 0.25) is 0 Å². The molecule has 19 heavy (non-hydrogen) atoms. The third-order valence-electron chi connectivity index (χ3n) is 4.08. The predicted molar refractivity (Wildman–Crippen MR) is 76.6 cm³/mol. The van der Waals surface area contributed by atoms with Crippen molar-refractivity contribution in [3.05, 3.63) is 23.8 Å². The quantitative estimate of drug-likeness (QED) is 0.870. The first kappa shape index (κ1) is 14.2. The summed E-state index contributed by atoms with van der Waals surface area (Å²) in [4.78, 5) is 0. The molecule has 1 aliphatic rings. The fourth-order valence-electron chi connectivity index (χ4n) is 2.85. The smallest absolute Gasteiger partial charge is 0.125 e. The van der Waals surface area contributed by atoms with Crippen molar-refractivity contribution < 1.29 is 9.47 Å². The molecular weight excluding hydrogens is 240 g/mol. The molecule has 1 aromatic rings. The lowest BCUT2D eigenvalue weighted by Gasteiger charge is -2.36. The number of benzene rings is 1. The third-order valence-corrected chi connectivity index (χ3v) is 4.08. The largest absolute Gasteiger partial charge is 0.496 e. The van der Waals surface area contributed by atoms with Crippen molar-refractivity contribution >= 4 is 0 Å². The molecule has 0 aliphatic heterocycles. The predicted octanol–water partition coefficient (Wildman–Crippen LogP) is 1.85. The molecule has 0 radical (unpaired) electrons. The average Bonchev–Trinajstić information content (AvgIpc) is 2.42. The highest BCUT2D eigenvalue weighted by atomic mass is 16.5. The number of nitrogens with two attached hydrogens (primary N) is 2. The van der Waals surface area contributed by atoms with Crippen LogP contribution >= 0.6 is 0 Å². The summed E-state index contributed by atoms with van der Waals surface area (Å²) >= 11 is 0. The molecule has 1 aliphatic carbocycles. The Kier molecular flexibility index (Phi) is 4.32. The van der Waals surface area contributed by atoms with E-state index >= 15 is 0 Å². The van der Waals surface area contributed by atoms with E-state index in [0.717, 1.165) is 49.2 Å². The first-order valence-electron chi connectivity index (χ1n) is 6.82. The molecule has 1 saturated carbocycles. The fourth-order valence-corrected chi connectivity index (χ4v) is 2.85. The van der Waals surface area contributed by atoms with Gasteiger partial charge in [-0.2, -0.15) is 0 Å². The maximum Gasteiger partial charge on any atom is 0.125 e. The minimum absolute atomic E-state index is 0.197. The number of methoxy groups -OCH3 is 2. The number of ether oxygens (including phenoxy) is 2. The Hall–Kier alpha value is -1.26. The van der Waals surface area contributed by atoms with Crippen LogP contribution in [0.5, 0.6) is 11.5 Å². The number of hydrogen-bond acceptors (Lipinski definition) is 4. The van der Waals surface area contributed by atoms with Crippen LogP contribution < -0.4 is 20.9 Å². The highest BCUT2D eigenvalue weighted by Crippen LogP contribution is 2.36. The van der Waals surface area contributed by atoms with Gasteiger partial charge in [-0.25, -0.2) is 0 Å². The van der Waals surface area contributed by atoms with E-state index in [1.807, 2.05) is 18.2 Å². The molecule has 2 rings (SSSR count). The van der Waals surface area contributed by atoms with E-state index in [-0.39, 0.29) is 5.54 Å². The lowest BCUT2D eigenvalue weighted by atomic mass is 9.76. The molecule has 0 bridgehead atoms. The first-order valence-corrected chi connectivity index (χ1v) is 6.82. The zero-order chi connectivity index (χ0) is 13.9. The van der Waals surface area contributed by atoms with Crippen LogP contribution in [0.4, 0.5) is 0 Å². The minimum atomic E-state index is -0.197. The Morgan fingerprint density at radius 2 is 1.68 bits per heavy atom. The summed E-state index contributed by atoms with van der Waals surface area (Å²) < 4.78 is 10.9. The van der Waals surface area contributed by atoms with Gasteiger partial charge in [0.15, 0.2) is 0 Å². The van der Waals surface area contributed by atoms with Gasteiger partial charge >= 0.3 is 0 Å². The van der Waals surface area contributed by atoms with Crippen molar-refractivity contribution in [3.63, 3.8) is 0 Å². The summed E-state index contributed by atoms with van der Waals surface area (Å²) in [5.74, 6) is 1.69. The molecule has 0 amide bonds. The Balaban J connectivity index is 2.22. The van der Waals surface area contributed by atoms with Gasteiger partial charge < -0.3 is 20.9 Å². The van der Waals surface area contributed by atoms with Crippen LogP contribution in [0, 0.1) is 0 Å². The van der Waals surface area contributed by atoms with Crippen LogP contribution in [0.25, 0.3) is 0 Å². The van der Waals surface area contributed by atoms with Crippen molar-refractivity contribution in [2.24, 2.45) is 11.5 Å². The van der Waals surface area contributed by atoms with Gasteiger partial charge in [0.05, 0.1) is 14.2 Å². The van der Waals surface area contributed by atoms with Crippen molar-refractivity contribution in [2.45, 2.75) is 43.7 Å². The van der Waals surface area contributed by atoms with Gasteiger partial charge in [-0.1, -0.05) is 6.07 Å². The van der Waals surface area contributed by atoms with Crippen molar-refractivity contribution in [3.8, 4) is 11.5 Å². The average molecular weight is 264 g/mol. The standard InChI is InChI=1S/C15H24N2O2/c1-18-13-4-3-5-14(19-2)12(13)10-15(17)8-6-11(16)7-9-15/h3-5,11H,6-10,16-17H2,1-2H3. The second kappa shape index (κ2) is 5.80. The molecule has 0 atom stereocenters. The highest BCUT2D eigenvalue weighted by Gasteiger charge is 2.32. The lowest BCUT2D eigenvalue weighted by molar-refractivity contribution is 0.265. The van der Waals surface area contributed by atoms with Crippen LogP contribution in [0.3, 0.4) is 0 Å². The molecule has 4 nitrogen and oxygen atoms in total. The Morgan fingerprint density at radius 3 is 2.16 bits per heavy atom. The second-order valence-corrected chi connectivity index (χ2v) is 5.52. The van der Waals surface area contributed by atoms with Crippen LogP contribution in [0.1, 0.15) is 31.2 Å². The maximum atomic E-state index is 6.53. The van der Waals surface area contributed by atoms with Gasteiger partial charge in [-0.15, -0.1) is 0 Å². The molecule has 4 heteroatoms. The zero-order valence-electron chi connectivity index (χ0n) is 11.8. The molecule has 0 saturated heterocycles. The summed E-state index contributed by atoms with van der Waals surface area (Å²) in [5, 5.41) is 0. The fraction of sp³-hybridized carbons (Fsp3) is 0.600. The van der Waals surface area contributed by atoms with Gasteiger partial charge in [0.1, 0.15) is 11.5 Å². The zero-order valence-corrected chi connectivity index (χ0v) is 11.8. The van der Waals surface area contributed by atoms with Gasteiger partial charge in [0, 0.05) is 17.1 Å². The first-order chi connectivity index (χ1) is 9.08. The SMILES string of the molecule is COc1cccc(OC)c1CC1(N)CCC(N)CC1. The van der Waals surface area contributed by atoms with E-state index in [2.05, 4.69) is 0 Å². The monoisotopic (exact) mass is 264 g/mol. The van der Waals surface area contributed by atoms with Crippen LogP contribution in [0.15, 0.2) is 18.2 Å². The van der Waals surface area contributed by atoms with E-state index in [4.69, 9.17) is 20.9 Å². The van der Waals surface area contributed by atoms with E-state index in [1.165, 1.54) is 0 Å². The summed E-state index contributed by atoms with van der Waals surface area (Å²) in [6.45, 7) is 0. The molecular formula is C15H24N2O2. The Morgan fingerprint density at radius 1 is 1.16 bits per heavy atom. The Bertz CT molecular complexity index is 404. The van der Waals surface area contributed by atoms with Gasteiger partial charge in [-0.3, -0.25) is 0 Å². The molecule has 1 aromatic carbocycles. The molecule has 0 spiro atoms. The molecule has 0 aromatic heterocycles. The van der Waals surface area contributed by atoms with Crippen LogP contribution in [-0.2, 0) is 6.42 Å². The lowest BCUT2D eigenvalue weighted by Crippen LogP contribution is -2.47.